The van der Waals surface area contributed by atoms with Gasteiger partial charge in [-0.25, -0.2) is 13.1 Å². The summed E-state index contributed by atoms with van der Waals surface area (Å²) in [6, 6.07) is 9.01. The van der Waals surface area contributed by atoms with Gasteiger partial charge < -0.3 is 9.88 Å². The molecule has 0 aliphatic carbocycles. The van der Waals surface area contributed by atoms with Gasteiger partial charge in [0, 0.05) is 25.0 Å². The molecule has 0 saturated heterocycles. The molecule has 2 aromatic rings. The largest absolute Gasteiger partial charge is 0.380 e. The summed E-state index contributed by atoms with van der Waals surface area (Å²) in [7, 11) is -0.0291. The van der Waals surface area contributed by atoms with E-state index in [1.807, 2.05) is 13.1 Å². The monoisotopic (exact) mass is 307 g/mol. The molecule has 6 heteroatoms. The summed E-state index contributed by atoms with van der Waals surface area (Å²) in [5, 5.41) is 3.22. The zero-order valence-electron chi connectivity index (χ0n) is 12.8. The fraction of sp³-hybridized carbons (Fsp3) is 0.333. The van der Waals surface area contributed by atoms with Crippen LogP contribution in [0.3, 0.4) is 0 Å². The predicted octanol–water partition coefficient (Wildman–Crippen LogP) is 2.16. The van der Waals surface area contributed by atoms with Gasteiger partial charge in [-0.2, -0.15) is 0 Å². The average molecular weight is 307 g/mol. The molecule has 1 aromatic carbocycles. The van der Waals surface area contributed by atoms with E-state index in [0.29, 0.717) is 12.2 Å². The topological polar surface area (TPSA) is 63.1 Å². The van der Waals surface area contributed by atoms with Crippen LogP contribution >= 0.6 is 0 Å². The van der Waals surface area contributed by atoms with E-state index in [0.717, 1.165) is 5.56 Å². The highest BCUT2D eigenvalue weighted by Crippen LogP contribution is 2.22. The van der Waals surface area contributed by atoms with Gasteiger partial charge in [-0.3, -0.25) is 0 Å². The van der Waals surface area contributed by atoms with Crippen LogP contribution in [0.15, 0.2) is 35.2 Å². The summed E-state index contributed by atoms with van der Waals surface area (Å²) in [6.45, 7) is 4.69. The number of rotatable bonds is 5. The van der Waals surface area contributed by atoms with E-state index in [9.17, 15) is 8.42 Å². The van der Waals surface area contributed by atoms with Crippen LogP contribution in [0.4, 0.5) is 5.69 Å². The maximum atomic E-state index is 12.0. The van der Waals surface area contributed by atoms with E-state index in [4.69, 9.17) is 0 Å². The molecule has 0 radical (unpaired) electrons. The summed E-state index contributed by atoms with van der Waals surface area (Å²) in [5.41, 5.74) is 4.12. The van der Waals surface area contributed by atoms with E-state index in [1.165, 1.54) is 18.4 Å². The van der Waals surface area contributed by atoms with Gasteiger partial charge in [0.25, 0.3) is 0 Å². The third kappa shape index (κ3) is 3.11. The normalized spacial score (nSPS) is 11.6. The average Bonchev–Trinajstić information content (AvgIpc) is 2.72. The Hall–Kier alpha value is -1.79. The van der Waals surface area contributed by atoms with Crippen molar-refractivity contribution < 1.29 is 8.42 Å². The Bertz CT molecular complexity index is 748. The molecule has 5 nitrogen and oxygen atoms in total. The van der Waals surface area contributed by atoms with Crippen molar-refractivity contribution >= 4 is 15.7 Å². The molecule has 0 spiro atoms. The number of aryl methyl sites for hydroxylation is 1. The number of benzene rings is 1. The molecule has 0 saturated carbocycles. The van der Waals surface area contributed by atoms with Crippen LogP contribution in [0.5, 0.6) is 0 Å². The zero-order valence-corrected chi connectivity index (χ0v) is 13.6. The Balaban J connectivity index is 2.27. The minimum absolute atomic E-state index is 0.262. The van der Waals surface area contributed by atoms with Crippen molar-refractivity contribution in [3.63, 3.8) is 0 Å². The van der Waals surface area contributed by atoms with Crippen molar-refractivity contribution in [3.05, 3.63) is 47.3 Å². The quantitative estimate of drug-likeness (QED) is 0.890. The summed E-state index contributed by atoms with van der Waals surface area (Å²) < 4.78 is 28.5. The smallest absolute Gasteiger partial charge is 0.242 e. The Kier molecular flexibility index (Phi) is 4.39. The molecule has 0 amide bonds. The van der Waals surface area contributed by atoms with Gasteiger partial charge in [0.1, 0.15) is 4.90 Å². The number of nitrogens with one attached hydrogen (secondary N) is 2. The van der Waals surface area contributed by atoms with Crippen LogP contribution in [0, 0.1) is 13.8 Å². The number of sulfonamides is 1. The molecule has 1 aromatic heterocycles. The minimum atomic E-state index is -3.46. The molecule has 1 heterocycles. The highest BCUT2D eigenvalue weighted by molar-refractivity contribution is 7.89. The second kappa shape index (κ2) is 5.91. The van der Waals surface area contributed by atoms with Gasteiger partial charge in [-0.05, 0) is 44.7 Å². The lowest BCUT2D eigenvalue weighted by atomic mass is 10.2. The van der Waals surface area contributed by atoms with E-state index in [1.54, 1.807) is 18.2 Å². The van der Waals surface area contributed by atoms with Gasteiger partial charge in [0.05, 0.1) is 5.69 Å². The van der Waals surface area contributed by atoms with Gasteiger partial charge >= 0.3 is 0 Å². The van der Waals surface area contributed by atoms with Gasteiger partial charge in [-0.1, -0.05) is 12.1 Å². The first-order valence-corrected chi connectivity index (χ1v) is 8.23. The summed E-state index contributed by atoms with van der Waals surface area (Å²) in [6.07, 6.45) is 0. The maximum Gasteiger partial charge on any atom is 0.242 e. The van der Waals surface area contributed by atoms with Crippen molar-refractivity contribution in [1.29, 1.82) is 0 Å². The highest BCUT2D eigenvalue weighted by atomic mass is 32.2. The lowest BCUT2D eigenvalue weighted by molar-refractivity contribution is 0.588. The molecule has 2 N–H and O–H groups in total. The molecule has 0 bridgehead atoms. The number of anilines is 1. The molecule has 0 aliphatic heterocycles. The van der Waals surface area contributed by atoms with Crippen molar-refractivity contribution in [2.75, 3.05) is 12.4 Å². The van der Waals surface area contributed by atoms with Crippen molar-refractivity contribution in [2.45, 2.75) is 25.3 Å². The van der Waals surface area contributed by atoms with E-state index < -0.39 is 10.0 Å². The Morgan fingerprint density at radius 3 is 2.43 bits per heavy atom. The SMILES string of the molecule is CNS(=O)(=O)c1ccccc1NCc1cc(C)n(C)c1C. The first-order chi connectivity index (χ1) is 9.86. The third-order valence-corrected chi connectivity index (χ3v) is 5.27. The van der Waals surface area contributed by atoms with Gasteiger partial charge in [0.2, 0.25) is 10.0 Å². The molecule has 0 fully saturated rings. The molecular formula is C15H21N3O2S. The Morgan fingerprint density at radius 1 is 1.19 bits per heavy atom. The summed E-state index contributed by atoms with van der Waals surface area (Å²) in [5.74, 6) is 0. The number of hydrogen-bond donors (Lipinski definition) is 2. The maximum absolute atomic E-state index is 12.0. The van der Waals surface area contributed by atoms with Crippen LogP contribution in [-0.2, 0) is 23.6 Å². The number of aromatic nitrogens is 1. The van der Waals surface area contributed by atoms with Gasteiger partial charge in [0.15, 0.2) is 0 Å². The molecule has 0 atom stereocenters. The first-order valence-electron chi connectivity index (χ1n) is 6.75. The lowest BCUT2D eigenvalue weighted by Gasteiger charge is -2.12. The molecule has 21 heavy (non-hydrogen) atoms. The second-order valence-corrected chi connectivity index (χ2v) is 6.87. The van der Waals surface area contributed by atoms with Crippen LogP contribution < -0.4 is 10.0 Å². The summed E-state index contributed by atoms with van der Waals surface area (Å²) in [4.78, 5) is 0.262. The van der Waals surface area contributed by atoms with Crippen molar-refractivity contribution in [3.8, 4) is 0 Å². The van der Waals surface area contributed by atoms with E-state index in [2.05, 4.69) is 34.5 Å². The zero-order chi connectivity index (χ0) is 15.6. The summed E-state index contributed by atoms with van der Waals surface area (Å²) >= 11 is 0. The van der Waals surface area contributed by atoms with Crippen molar-refractivity contribution in [1.82, 2.24) is 9.29 Å². The van der Waals surface area contributed by atoms with Crippen LogP contribution in [0.2, 0.25) is 0 Å². The number of para-hydroxylation sites is 1. The third-order valence-electron chi connectivity index (χ3n) is 3.79. The van der Waals surface area contributed by atoms with E-state index in [-0.39, 0.29) is 4.90 Å². The minimum Gasteiger partial charge on any atom is -0.380 e. The molecule has 114 valence electrons. The predicted molar refractivity (Wildman–Crippen MR) is 84.9 cm³/mol. The van der Waals surface area contributed by atoms with Crippen LogP contribution in [-0.4, -0.2) is 20.0 Å². The fourth-order valence-corrected chi connectivity index (χ4v) is 3.17. The molecule has 0 aliphatic rings. The number of nitrogens with zero attached hydrogens (tertiary/aromatic N) is 1. The van der Waals surface area contributed by atoms with Crippen molar-refractivity contribution in [2.24, 2.45) is 7.05 Å². The lowest BCUT2D eigenvalue weighted by Crippen LogP contribution is -2.20. The Morgan fingerprint density at radius 2 is 1.86 bits per heavy atom. The van der Waals surface area contributed by atoms with E-state index >= 15 is 0 Å². The van der Waals surface area contributed by atoms with Crippen LogP contribution in [0.25, 0.3) is 0 Å². The van der Waals surface area contributed by atoms with Gasteiger partial charge in [-0.15, -0.1) is 0 Å². The Labute approximate surface area is 126 Å². The standard InChI is InChI=1S/C15H21N3O2S/c1-11-9-13(12(2)18(11)4)10-17-14-7-5-6-8-15(14)21(19,20)16-3/h5-9,16-17H,10H2,1-4H3. The fourth-order valence-electron chi connectivity index (χ4n) is 2.26. The first kappa shape index (κ1) is 15.6. The molecule has 0 unspecified atom stereocenters. The molecular weight excluding hydrogens is 286 g/mol. The number of hydrogen-bond acceptors (Lipinski definition) is 3. The second-order valence-electron chi connectivity index (χ2n) is 5.01. The highest BCUT2D eigenvalue weighted by Gasteiger charge is 2.16. The van der Waals surface area contributed by atoms with Crippen LogP contribution in [0.1, 0.15) is 17.0 Å². The molecule has 2 rings (SSSR count).